The molecule has 0 saturated carbocycles. The molecule has 0 unspecified atom stereocenters. The molecule has 0 spiro atoms. The third-order valence-electron chi connectivity index (χ3n) is 1.65. The third kappa shape index (κ3) is 3.60. The van der Waals surface area contributed by atoms with Crippen LogP contribution < -0.4 is 18.1 Å². The van der Waals surface area contributed by atoms with Gasteiger partial charge in [0, 0.05) is 6.42 Å². The van der Waals surface area contributed by atoms with Crippen molar-refractivity contribution in [2.75, 3.05) is 6.54 Å². The first-order valence-electron chi connectivity index (χ1n) is 3.90. The lowest BCUT2D eigenvalue weighted by Gasteiger charge is -1.97. The smallest absolute Gasteiger partial charge is 0.115 e. The summed E-state index contributed by atoms with van der Waals surface area (Å²) in [6.45, 7) is 0.973. The van der Waals surface area contributed by atoms with E-state index in [2.05, 4.69) is 5.73 Å². The quantitative estimate of drug-likeness (QED) is 0.544. The van der Waals surface area contributed by atoms with Crippen LogP contribution in [0.2, 0.25) is 0 Å². The highest BCUT2D eigenvalue weighted by atomic mass is 35.5. The number of benzene rings is 1. The van der Waals surface area contributed by atoms with Crippen molar-refractivity contribution in [1.29, 1.82) is 0 Å². The zero-order chi connectivity index (χ0) is 8.10. The average Bonchev–Trinajstić information content (AvgIpc) is 2.04. The second-order valence-corrected chi connectivity index (χ2v) is 2.62. The Morgan fingerprint density at radius 2 is 1.75 bits per heavy atom. The van der Waals surface area contributed by atoms with E-state index in [1.807, 2.05) is 12.1 Å². The average molecular weight is 188 g/mol. The van der Waals surface area contributed by atoms with Crippen molar-refractivity contribution < 1.29 is 23.2 Å². The zero-order valence-corrected chi connectivity index (χ0v) is 7.72. The Bertz CT molecular complexity index is 210. The number of quaternary nitrogens is 1. The SMILES string of the molecule is [Cl-].[NH3+]CCCc1ccc(O)cc1. The number of aryl methyl sites for hydroxylation is 1. The van der Waals surface area contributed by atoms with E-state index in [0.717, 1.165) is 19.4 Å². The highest BCUT2D eigenvalue weighted by Crippen LogP contribution is 2.10. The fourth-order valence-electron chi connectivity index (χ4n) is 0.992. The largest absolute Gasteiger partial charge is 1.00 e. The minimum atomic E-state index is 0. The third-order valence-corrected chi connectivity index (χ3v) is 1.65. The summed E-state index contributed by atoms with van der Waals surface area (Å²) < 4.78 is 0. The first kappa shape index (κ1) is 11.3. The lowest BCUT2D eigenvalue weighted by molar-refractivity contribution is -0.368. The van der Waals surface area contributed by atoms with Crippen LogP contribution in [0.25, 0.3) is 0 Å². The topological polar surface area (TPSA) is 47.9 Å². The van der Waals surface area contributed by atoms with Crippen LogP contribution in [0, 0.1) is 0 Å². The summed E-state index contributed by atoms with van der Waals surface area (Å²) in [6, 6.07) is 7.34. The molecule has 0 aliphatic heterocycles. The van der Waals surface area contributed by atoms with Crippen molar-refractivity contribution in [2.24, 2.45) is 0 Å². The van der Waals surface area contributed by atoms with Gasteiger partial charge in [-0.05, 0) is 24.1 Å². The lowest BCUT2D eigenvalue weighted by atomic mass is 10.1. The molecule has 4 N–H and O–H groups in total. The van der Waals surface area contributed by atoms with Gasteiger partial charge in [-0.25, -0.2) is 0 Å². The first-order valence-corrected chi connectivity index (χ1v) is 3.90. The van der Waals surface area contributed by atoms with E-state index < -0.39 is 0 Å². The van der Waals surface area contributed by atoms with Crippen molar-refractivity contribution in [3.05, 3.63) is 29.8 Å². The molecule has 0 fully saturated rings. The molecule has 1 rings (SSSR count). The van der Waals surface area contributed by atoms with Crippen LogP contribution in [0.4, 0.5) is 0 Å². The second-order valence-electron chi connectivity index (χ2n) is 2.62. The summed E-state index contributed by atoms with van der Waals surface area (Å²) in [6.07, 6.45) is 2.18. The van der Waals surface area contributed by atoms with Crippen molar-refractivity contribution in [1.82, 2.24) is 0 Å². The van der Waals surface area contributed by atoms with Crippen molar-refractivity contribution in [3.8, 4) is 5.75 Å². The summed E-state index contributed by atoms with van der Waals surface area (Å²) in [4.78, 5) is 0. The van der Waals surface area contributed by atoms with Crippen molar-refractivity contribution in [3.63, 3.8) is 0 Å². The summed E-state index contributed by atoms with van der Waals surface area (Å²) >= 11 is 0. The van der Waals surface area contributed by atoms with Gasteiger partial charge in [0.2, 0.25) is 0 Å². The number of hydrogen-bond acceptors (Lipinski definition) is 1. The Morgan fingerprint density at radius 3 is 2.25 bits per heavy atom. The van der Waals surface area contributed by atoms with E-state index >= 15 is 0 Å². The fraction of sp³-hybridized carbons (Fsp3) is 0.333. The van der Waals surface area contributed by atoms with Crippen LogP contribution in [0.5, 0.6) is 5.75 Å². The number of halogens is 1. The summed E-state index contributed by atoms with van der Waals surface area (Å²) in [5.74, 6) is 0.336. The van der Waals surface area contributed by atoms with Crippen LogP contribution in [0.3, 0.4) is 0 Å². The Kier molecular flexibility index (Phi) is 5.51. The Labute approximate surface area is 78.8 Å². The summed E-state index contributed by atoms with van der Waals surface area (Å²) in [5, 5.41) is 8.97. The summed E-state index contributed by atoms with van der Waals surface area (Å²) in [7, 11) is 0. The van der Waals surface area contributed by atoms with Gasteiger partial charge < -0.3 is 23.2 Å². The van der Waals surface area contributed by atoms with Crippen molar-refractivity contribution >= 4 is 0 Å². The van der Waals surface area contributed by atoms with E-state index in [0.29, 0.717) is 5.75 Å². The molecule has 1 aromatic rings. The van der Waals surface area contributed by atoms with Gasteiger partial charge in [-0.2, -0.15) is 0 Å². The van der Waals surface area contributed by atoms with Gasteiger partial charge in [0.25, 0.3) is 0 Å². The van der Waals surface area contributed by atoms with Crippen LogP contribution in [0.15, 0.2) is 24.3 Å². The van der Waals surface area contributed by atoms with Gasteiger partial charge in [-0.15, -0.1) is 0 Å². The molecule has 0 radical (unpaired) electrons. The molecule has 68 valence electrons. The van der Waals surface area contributed by atoms with E-state index in [-0.39, 0.29) is 12.4 Å². The zero-order valence-electron chi connectivity index (χ0n) is 6.96. The predicted octanol–water partition coefficient (Wildman–Crippen LogP) is -2.43. The second kappa shape index (κ2) is 5.86. The monoisotopic (exact) mass is 187 g/mol. The van der Waals surface area contributed by atoms with Crippen LogP contribution in [0.1, 0.15) is 12.0 Å². The highest BCUT2D eigenvalue weighted by molar-refractivity contribution is 5.25. The van der Waals surface area contributed by atoms with Gasteiger partial charge in [-0.1, -0.05) is 12.1 Å². The van der Waals surface area contributed by atoms with E-state index in [1.54, 1.807) is 12.1 Å². The minimum Gasteiger partial charge on any atom is -1.00 e. The van der Waals surface area contributed by atoms with Gasteiger partial charge in [0.1, 0.15) is 5.75 Å². The molecule has 0 heterocycles. The van der Waals surface area contributed by atoms with Crippen LogP contribution in [-0.4, -0.2) is 11.7 Å². The molecule has 0 aliphatic carbocycles. The van der Waals surface area contributed by atoms with Crippen LogP contribution >= 0.6 is 0 Å². The van der Waals surface area contributed by atoms with Gasteiger partial charge in [0.05, 0.1) is 6.54 Å². The first-order chi connectivity index (χ1) is 5.33. The molecule has 0 amide bonds. The van der Waals surface area contributed by atoms with E-state index in [9.17, 15) is 0 Å². The predicted molar refractivity (Wildman–Crippen MR) is 44.2 cm³/mol. The fourth-order valence-corrected chi connectivity index (χ4v) is 0.992. The number of phenolic OH excluding ortho intramolecular Hbond substituents is 1. The van der Waals surface area contributed by atoms with Gasteiger partial charge in [0.15, 0.2) is 0 Å². The number of phenols is 1. The molecule has 0 atom stereocenters. The summed E-state index contributed by atoms with van der Waals surface area (Å²) in [5.41, 5.74) is 5.04. The standard InChI is InChI=1S/C9H13NO.ClH/c10-7-1-2-8-3-5-9(11)6-4-8;/h3-6,11H,1-2,7,10H2;1H. The molecule has 1 aromatic carbocycles. The molecule has 12 heavy (non-hydrogen) atoms. The molecule has 3 heteroatoms. The van der Waals surface area contributed by atoms with Gasteiger partial charge in [-0.3, -0.25) is 0 Å². The molecular formula is C9H14ClNO. The Balaban J connectivity index is 0.00000121. The van der Waals surface area contributed by atoms with E-state index in [4.69, 9.17) is 5.11 Å². The maximum Gasteiger partial charge on any atom is 0.115 e. The number of rotatable bonds is 3. The minimum absolute atomic E-state index is 0. The van der Waals surface area contributed by atoms with Gasteiger partial charge >= 0.3 is 0 Å². The molecular weight excluding hydrogens is 174 g/mol. The van der Waals surface area contributed by atoms with Crippen LogP contribution in [-0.2, 0) is 6.42 Å². The normalized spacial score (nSPS) is 9.08. The molecule has 0 bridgehead atoms. The molecule has 0 saturated heterocycles. The number of hydrogen-bond donors (Lipinski definition) is 2. The molecule has 0 aliphatic rings. The molecule has 0 aromatic heterocycles. The Morgan fingerprint density at radius 1 is 1.17 bits per heavy atom. The highest BCUT2D eigenvalue weighted by Gasteiger charge is 1.92. The number of aromatic hydroxyl groups is 1. The maximum atomic E-state index is 8.97. The maximum absolute atomic E-state index is 8.97. The van der Waals surface area contributed by atoms with Crippen molar-refractivity contribution in [2.45, 2.75) is 12.8 Å². The Hall–Kier alpha value is -0.730. The van der Waals surface area contributed by atoms with E-state index in [1.165, 1.54) is 5.56 Å². The lowest BCUT2D eigenvalue weighted by Crippen LogP contribution is -3.00. The molecule has 2 nitrogen and oxygen atoms in total.